The number of hydrogen-bond acceptors (Lipinski definition) is 8. The Labute approximate surface area is 247 Å². The first-order valence-electron chi connectivity index (χ1n) is 13.9. The highest BCUT2D eigenvalue weighted by molar-refractivity contribution is 7.92. The van der Waals surface area contributed by atoms with E-state index in [9.17, 15) is 13.2 Å². The van der Waals surface area contributed by atoms with Crippen LogP contribution in [0.1, 0.15) is 12.0 Å². The summed E-state index contributed by atoms with van der Waals surface area (Å²) in [7, 11) is -3.94. The summed E-state index contributed by atoms with van der Waals surface area (Å²) in [6.07, 6.45) is 3.98. The van der Waals surface area contributed by atoms with E-state index < -0.39 is 23.5 Å². The van der Waals surface area contributed by atoms with E-state index in [1.807, 2.05) is 18.2 Å². The van der Waals surface area contributed by atoms with E-state index in [0.717, 1.165) is 33.8 Å². The first kappa shape index (κ1) is 28.3. The highest BCUT2D eigenvalue weighted by Crippen LogP contribution is 2.53. The van der Waals surface area contributed by atoms with Gasteiger partial charge in [-0.1, -0.05) is 43.9 Å². The van der Waals surface area contributed by atoms with Gasteiger partial charge >= 0.3 is 0 Å². The number of Topliss-reactive ketones (excluding diaryl/α,β-unsaturated/α-hetero) is 1. The number of methoxy groups -OCH3 is 1. The third kappa shape index (κ3) is 5.05. The zero-order chi connectivity index (χ0) is 29.7. The van der Waals surface area contributed by atoms with Crippen molar-refractivity contribution in [1.82, 2.24) is 9.97 Å². The van der Waals surface area contributed by atoms with Crippen LogP contribution >= 0.6 is 0 Å². The number of rotatable bonds is 10. The Balaban J connectivity index is 1.43. The van der Waals surface area contributed by atoms with E-state index in [2.05, 4.69) is 34.9 Å². The Morgan fingerprint density at radius 3 is 2.48 bits per heavy atom. The third-order valence-corrected chi connectivity index (χ3v) is 11.4. The number of carbonyl (C=O) groups is 1. The summed E-state index contributed by atoms with van der Waals surface area (Å²) in [5, 5.41) is 4.25. The van der Waals surface area contributed by atoms with Crippen LogP contribution in [-0.2, 0) is 25.0 Å². The zero-order valence-corrected chi connectivity index (χ0v) is 26.0. The predicted octanol–water partition coefficient (Wildman–Crippen LogP) is 5.45. The summed E-state index contributed by atoms with van der Waals surface area (Å²) in [5.41, 5.74) is 3.99. The number of aromatic nitrogens is 2. The monoisotopic (exact) mass is 602 g/mol. The molecule has 1 N–H and O–H groups in total. The van der Waals surface area contributed by atoms with E-state index in [-0.39, 0.29) is 29.0 Å². The standard InChI is InChI=1S/C31H34N4O5SSi/c1-39-30-27(35(20-40-12-13-42(2,3)4)41(37,38)23-8-6-5-7-9-23)15-22(17-33-30)21-10-11-25-24(14-21)29-26(18-32-25)34-19-31(29)16-28(31)36/h5-11,14-15,17-18,34H,12-13,16,19-20H2,1-4H3. The van der Waals surface area contributed by atoms with Crippen LogP contribution in [0.5, 0.6) is 5.88 Å². The maximum Gasteiger partial charge on any atom is 0.266 e. The lowest BCUT2D eigenvalue weighted by molar-refractivity contribution is -0.111. The van der Waals surface area contributed by atoms with Crippen molar-refractivity contribution in [3.8, 4) is 17.0 Å². The summed E-state index contributed by atoms with van der Waals surface area (Å²) >= 11 is 0. The highest BCUT2D eigenvalue weighted by atomic mass is 32.2. The van der Waals surface area contributed by atoms with E-state index >= 15 is 0 Å². The van der Waals surface area contributed by atoms with Crippen LogP contribution in [0.4, 0.5) is 11.4 Å². The molecule has 3 heterocycles. The van der Waals surface area contributed by atoms with Gasteiger partial charge in [0.2, 0.25) is 5.88 Å². The number of nitrogens with one attached hydrogen (secondary N) is 1. The first-order chi connectivity index (χ1) is 20.0. The zero-order valence-electron chi connectivity index (χ0n) is 24.2. The molecule has 1 fully saturated rings. The van der Waals surface area contributed by atoms with Gasteiger partial charge in [-0.25, -0.2) is 17.7 Å². The maximum atomic E-state index is 14.0. The number of ether oxygens (including phenoxy) is 2. The normalized spacial score (nSPS) is 17.8. The summed E-state index contributed by atoms with van der Waals surface area (Å²) in [6, 6.07) is 16.8. The molecule has 0 bridgehead atoms. The summed E-state index contributed by atoms with van der Waals surface area (Å²) in [5.74, 6) is 0.401. The molecule has 4 aromatic rings. The van der Waals surface area contributed by atoms with Gasteiger partial charge in [-0.3, -0.25) is 9.78 Å². The second-order valence-electron chi connectivity index (χ2n) is 12.1. The minimum atomic E-state index is -4.01. The van der Waals surface area contributed by atoms with Gasteiger partial charge in [0.05, 0.1) is 34.8 Å². The molecule has 1 aliphatic heterocycles. The van der Waals surface area contributed by atoms with Crippen LogP contribution in [0.2, 0.25) is 25.7 Å². The largest absolute Gasteiger partial charge is 0.479 e. The van der Waals surface area contributed by atoms with Crippen molar-refractivity contribution in [1.29, 1.82) is 0 Å². The quantitative estimate of drug-likeness (QED) is 0.145. The second-order valence-corrected chi connectivity index (χ2v) is 19.6. The lowest BCUT2D eigenvalue weighted by Gasteiger charge is -2.26. The van der Waals surface area contributed by atoms with Crippen molar-refractivity contribution in [3.63, 3.8) is 0 Å². The van der Waals surface area contributed by atoms with E-state index in [1.54, 1.807) is 48.8 Å². The van der Waals surface area contributed by atoms with Gasteiger partial charge in [0.25, 0.3) is 10.0 Å². The fourth-order valence-electron chi connectivity index (χ4n) is 5.42. The summed E-state index contributed by atoms with van der Waals surface area (Å²) < 4.78 is 40.7. The van der Waals surface area contributed by atoms with Gasteiger partial charge in [-0.05, 0) is 41.9 Å². The van der Waals surface area contributed by atoms with Crippen LogP contribution in [-0.4, -0.2) is 59.2 Å². The Kier molecular flexibility index (Phi) is 7.07. The molecular weight excluding hydrogens is 569 g/mol. The number of nitrogens with zero attached hydrogens (tertiary/aromatic N) is 3. The number of ketones is 1. The molecule has 1 saturated carbocycles. The fraction of sp³-hybridized carbons (Fsp3) is 0.323. The second kappa shape index (κ2) is 10.5. The van der Waals surface area contributed by atoms with Crippen LogP contribution < -0.4 is 14.4 Å². The van der Waals surface area contributed by atoms with Crippen LogP contribution in [0.15, 0.2) is 71.9 Å². The van der Waals surface area contributed by atoms with E-state index in [1.165, 1.54) is 11.4 Å². The molecule has 6 rings (SSSR count). The molecule has 11 heteroatoms. The summed E-state index contributed by atoms with van der Waals surface area (Å²) in [4.78, 5) is 21.7. The average Bonchev–Trinajstić information content (AvgIpc) is 3.47. The van der Waals surface area contributed by atoms with Gasteiger partial charge in [-0.2, -0.15) is 0 Å². The maximum absolute atomic E-state index is 14.0. The van der Waals surface area contributed by atoms with Gasteiger partial charge in [0, 0.05) is 50.4 Å². The number of carbonyl (C=O) groups excluding carboxylic acids is 1. The molecule has 42 heavy (non-hydrogen) atoms. The van der Waals surface area contributed by atoms with E-state index in [4.69, 9.17) is 9.47 Å². The van der Waals surface area contributed by atoms with Crippen molar-refractivity contribution < 1.29 is 22.7 Å². The van der Waals surface area contributed by atoms with Gasteiger partial charge in [0.15, 0.2) is 0 Å². The minimum absolute atomic E-state index is 0.144. The predicted molar refractivity (Wildman–Crippen MR) is 166 cm³/mol. The number of fused-ring (bicyclic) bond motifs is 4. The van der Waals surface area contributed by atoms with Crippen LogP contribution in [0.3, 0.4) is 0 Å². The topological polar surface area (TPSA) is 111 Å². The lowest BCUT2D eigenvalue weighted by Crippen LogP contribution is -2.34. The van der Waals surface area contributed by atoms with Crippen molar-refractivity contribution in [2.24, 2.45) is 0 Å². The highest BCUT2D eigenvalue weighted by Gasteiger charge is 2.59. The fourth-order valence-corrected chi connectivity index (χ4v) is 7.54. The molecule has 2 aliphatic rings. The average molecular weight is 603 g/mol. The summed E-state index contributed by atoms with van der Waals surface area (Å²) in [6.45, 7) is 7.59. The molecule has 218 valence electrons. The van der Waals surface area contributed by atoms with E-state index in [0.29, 0.717) is 25.1 Å². The van der Waals surface area contributed by atoms with Crippen LogP contribution in [0, 0.1) is 0 Å². The Hall–Kier alpha value is -3.80. The van der Waals surface area contributed by atoms with Crippen LogP contribution in [0.25, 0.3) is 22.0 Å². The molecule has 0 radical (unpaired) electrons. The Bertz CT molecular complexity index is 1790. The number of pyridine rings is 2. The molecule has 1 spiro atoms. The third-order valence-electron chi connectivity index (χ3n) is 7.96. The first-order valence-corrected chi connectivity index (χ1v) is 19.1. The molecule has 2 aromatic heterocycles. The minimum Gasteiger partial charge on any atom is -0.479 e. The number of anilines is 2. The molecule has 0 saturated heterocycles. The molecule has 2 aromatic carbocycles. The number of sulfonamides is 1. The van der Waals surface area contributed by atoms with Gasteiger partial charge < -0.3 is 14.8 Å². The SMILES string of the molecule is COc1ncc(-c2ccc3ncc4c(c3c2)C2(CN4)CC2=O)cc1N(COCC[Si](C)(C)C)S(=O)(=O)c1ccccc1. The van der Waals surface area contributed by atoms with Crippen molar-refractivity contribution in [2.45, 2.75) is 42.4 Å². The molecule has 1 atom stereocenters. The van der Waals surface area contributed by atoms with Gasteiger partial charge in [-0.15, -0.1) is 0 Å². The van der Waals surface area contributed by atoms with Crippen molar-refractivity contribution in [2.75, 3.05) is 36.6 Å². The van der Waals surface area contributed by atoms with Gasteiger partial charge in [0.1, 0.15) is 18.2 Å². The molecule has 9 nitrogen and oxygen atoms in total. The molecule has 1 aliphatic carbocycles. The lowest BCUT2D eigenvalue weighted by atomic mass is 9.93. The molecular formula is C31H34N4O5SSi. The van der Waals surface area contributed by atoms with Crippen molar-refractivity contribution >= 4 is 46.2 Å². The number of benzene rings is 2. The Morgan fingerprint density at radius 2 is 1.79 bits per heavy atom. The Morgan fingerprint density at radius 1 is 1.02 bits per heavy atom. The molecule has 0 amide bonds. The molecule has 1 unspecified atom stereocenters. The van der Waals surface area contributed by atoms with Crippen molar-refractivity contribution in [3.05, 3.63) is 72.6 Å². The number of hydrogen-bond donors (Lipinski definition) is 1. The smallest absolute Gasteiger partial charge is 0.266 e.